The molecule has 2 atom stereocenters. The van der Waals surface area contributed by atoms with Crippen molar-refractivity contribution in [3.8, 4) is 11.1 Å². The van der Waals surface area contributed by atoms with E-state index in [2.05, 4.69) is 54.6 Å². The smallest absolute Gasteiger partial charge is 0.410 e. The maximum atomic E-state index is 13.2. The zero-order valence-corrected chi connectivity index (χ0v) is 19.3. The molecule has 2 aliphatic heterocycles. The van der Waals surface area contributed by atoms with Crippen LogP contribution in [0.2, 0.25) is 0 Å². The van der Waals surface area contributed by atoms with Crippen molar-refractivity contribution >= 4 is 28.8 Å². The monoisotopic (exact) mass is 455 g/mol. The maximum absolute atomic E-state index is 13.2. The third-order valence-corrected chi connectivity index (χ3v) is 8.47. The normalized spacial score (nSPS) is 20.9. The van der Waals surface area contributed by atoms with E-state index in [-0.39, 0.29) is 29.9 Å². The van der Waals surface area contributed by atoms with Crippen molar-refractivity contribution in [3.63, 3.8) is 0 Å². The van der Waals surface area contributed by atoms with E-state index in [1.165, 1.54) is 27.8 Å². The molecule has 0 radical (unpaired) electrons. The molecule has 33 heavy (non-hydrogen) atoms. The van der Waals surface area contributed by atoms with Gasteiger partial charge >= 0.3 is 6.09 Å². The van der Waals surface area contributed by atoms with Crippen molar-refractivity contribution in [1.29, 1.82) is 0 Å². The Balaban J connectivity index is 1.19. The minimum Gasteiger partial charge on any atom is -0.448 e. The highest BCUT2D eigenvalue weighted by Gasteiger charge is 2.41. The van der Waals surface area contributed by atoms with Gasteiger partial charge in [-0.15, -0.1) is 11.3 Å². The first kappa shape index (κ1) is 20.4. The van der Waals surface area contributed by atoms with E-state index in [1.54, 1.807) is 18.3 Å². The molecule has 166 valence electrons. The summed E-state index contributed by atoms with van der Waals surface area (Å²) in [6.45, 7) is 1.96. The summed E-state index contributed by atoms with van der Waals surface area (Å²) in [5.74, 6) is 0.178. The summed E-state index contributed by atoms with van der Waals surface area (Å²) in [5, 5.41) is 0. The number of hydrogen-bond donors (Lipinski definition) is 0. The SMILES string of the molecule is CC(=O)c1ccc(C2=CC3CCC(C2)N3C(=O)OCC2c3ccccc3-c3ccccc32)s1. The van der Waals surface area contributed by atoms with Crippen LogP contribution in [-0.4, -0.2) is 35.5 Å². The second-order valence-electron chi connectivity index (χ2n) is 9.13. The number of Topliss-reactive ketones (excluding diaryl/α,β-unsaturated/α-hetero) is 1. The summed E-state index contributed by atoms with van der Waals surface area (Å²) in [7, 11) is 0. The Morgan fingerprint density at radius 1 is 0.970 bits per heavy atom. The van der Waals surface area contributed by atoms with Gasteiger partial charge in [-0.2, -0.15) is 0 Å². The zero-order valence-electron chi connectivity index (χ0n) is 18.5. The average Bonchev–Trinajstić information content (AvgIpc) is 3.51. The molecule has 5 heteroatoms. The van der Waals surface area contributed by atoms with E-state index < -0.39 is 0 Å². The molecule has 3 aromatic rings. The summed E-state index contributed by atoms with van der Waals surface area (Å²) >= 11 is 1.55. The number of hydrogen-bond acceptors (Lipinski definition) is 4. The van der Waals surface area contributed by atoms with Gasteiger partial charge in [-0.25, -0.2) is 4.79 Å². The van der Waals surface area contributed by atoms with E-state index in [1.807, 2.05) is 17.0 Å². The maximum Gasteiger partial charge on any atom is 0.410 e. The molecule has 0 N–H and O–H groups in total. The molecule has 4 nitrogen and oxygen atoms in total. The van der Waals surface area contributed by atoms with Gasteiger partial charge in [0, 0.05) is 16.8 Å². The largest absolute Gasteiger partial charge is 0.448 e. The highest BCUT2D eigenvalue weighted by atomic mass is 32.1. The minimum absolute atomic E-state index is 0.0669. The molecular weight excluding hydrogens is 430 g/mol. The second kappa shape index (κ2) is 7.99. The van der Waals surface area contributed by atoms with Crippen molar-refractivity contribution in [2.75, 3.05) is 6.61 Å². The number of fused-ring (bicyclic) bond motifs is 5. The van der Waals surface area contributed by atoms with Gasteiger partial charge < -0.3 is 4.74 Å². The van der Waals surface area contributed by atoms with E-state index in [4.69, 9.17) is 4.74 Å². The lowest BCUT2D eigenvalue weighted by Gasteiger charge is -2.33. The molecule has 3 heterocycles. The molecule has 2 bridgehead atoms. The number of amides is 1. The topological polar surface area (TPSA) is 46.6 Å². The summed E-state index contributed by atoms with van der Waals surface area (Å²) in [5.41, 5.74) is 6.19. The highest BCUT2D eigenvalue weighted by Crippen LogP contribution is 2.45. The molecular formula is C28H25NO3S. The number of thiophene rings is 1. The quantitative estimate of drug-likeness (QED) is 0.421. The van der Waals surface area contributed by atoms with E-state index in [0.717, 1.165) is 29.0 Å². The van der Waals surface area contributed by atoms with Gasteiger partial charge in [-0.05, 0) is 66.1 Å². The first-order valence-electron chi connectivity index (χ1n) is 11.6. The number of ketones is 1. The number of nitrogens with zero attached hydrogens (tertiary/aromatic N) is 1. The fraction of sp³-hybridized carbons (Fsp3) is 0.286. The molecule has 6 rings (SSSR count). The molecule has 1 amide bonds. The van der Waals surface area contributed by atoms with E-state index in [0.29, 0.717) is 6.61 Å². The molecule has 1 saturated heterocycles. The lowest BCUT2D eigenvalue weighted by Crippen LogP contribution is -2.43. The lowest BCUT2D eigenvalue weighted by molar-refractivity contribution is 0.0866. The number of ether oxygens (including phenoxy) is 1. The van der Waals surface area contributed by atoms with Crippen molar-refractivity contribution in [2.45, 2.75) is 44.2 Å². The minimum atomic E-state index is -0.213. The van der Waals surface area contributed by atoms with Gasteiger partial charge in [-0.3, -0.25) is 9.69 Å². The van der Waals surface area contributed by atoms with Crippen LogP contribution in [0.3, 0.4) is 0 Å². The number of benzene rings is 2. The van der Waals surface area contributed by atoms with Crippen LogP contribution in [0.15, 0.2) is 66.7 Å². The van der Waals surface area contributed by atoms with E-state index >= 15 is 0 Å². The predicted molar refractivity (Wildman–Crippen MR) is 131 cm³/mol. The van der Waals surface area contributed by atoms with Gasteiger partial charge in [0.2, 0.25) is 0 Å². The summed E-state index contributed by atoms with van der Waals surface area (Å²) in [6.07, 6.45) is 4.76. The number of carbonyl (C=O) groups is 2. The third kappa shape index (κ3) is 3.42. The van der Waals surface area contributed by atoms with E-state index in [9.17, 15) is 9.59 Å². The third-order valence-electron chi connectivity index (χ3n) is 7.21. The van der Waals surface area contributed by atoms with Crippen LogP contribution in [0.5, 0.6) is 0 Å². The van der Waals surface area contributed by atoms with Crippen molar-refractivity contribution in [1.82, 2.24) is 4.90 Å². The number of carbonyl (C=O) groups excluding carboxylic acids is 2. The van der Waals surface area contributed by atoms with Crippen LogP contribution in [0.4, 0.5) is 4.79 Å². The standard InChI is InChI=1S/C28H25NO3S/c1-17(30)26-12-13-27(33-26)18-14-19-10-11-20(15-18)29(19)28(31)32-16-25-23-8-4-2-6-21(23)22-7-3-5-9-24(22)25/h2-9,12-14,19-20,25H,10-11,15-16H2,1H3. The van der Waals surface area contributed by atoms with Crippen LogP contribution in [0.25, 0.3) is 16.7 Å². The number of rotatable bonds is 4. The molecule has 2 unspecified atom stereocenters. The predicted octanol–water partition coefficient (Wildman–Crippen LogP) is 6.52. The van der Waals surface area contributed by atoms with Crippen LogP contribution in [0, 0.1) is 0 Å². The highest BCUT2D eigenvalue weighted by molar-refractivity contribution is 7.15. The summed E-state index contributed by atoms with van der Waals surface area (Å²) < 4.78 is 5.95. The van der Waals surface area contributed by atoms with Crippen LogP contribution in [0.1, 0.15) is 57.8 Å². The Hall–Kier alpha value is -3.18. The second-order valence-corrected chi connectivity index (χ2v) is 10.2. The Labute approximate surface area is 197 Å². The van der Waals surface area contributed by atoms with Crippen LogP contribution >= 0.6 is 11.3 Å². The Kier molecular flexibility index (Phi) is 4.95. The zero-order chi connectivity index (χ0) is 22.5. The molecule has 1 fully saturated rings. The molecule has 2 aromatic carbocycles. The molecule has 0 spiro atoms. The fourth-order valence-electron chi connectivity index (χ4n) is 5.67. The Morgan fingerprint density at radius 3 is 2.30 bits per heavy atom. The summed E-state index contributed by atoms with van der Waals surface area (Å²) in [6, 6.07) is 21.0. The molecule has 3 aliphatic rings. The van der Waals surface area contributed by atoms with Gasteiger partial charge in [-0.1, -0.05) is 54.6 Å². The van der Waals surface area contributed by atoms with Gasteiger partial charge in [0.25, 0.3) is 0 Å². The van der Waals surface area contributed by atoms with Gasteiger partial charge in [0.1, 0.15) is 6.61 Å². The van der Waals surface area contributed by atoms with Gasteiger partial charge in [0.05, 0.1) is 10.9 Å². The van der Waals surface area contributed by atoms with Crippen LogP contribution in [-0.2, 0) is 4.74 Å². The van der Waals surface area contributed by atoms with Gasteiger partial charge in [0.15, 0.2) is 5.78 Å². The average molecular weight is 456 g/mol. The van der Waals surface area contributed by atoms with Crippen molar-refractivity contribution < 1.29 is 14.3 Å². The molecule has 1 aliphatic carbocycles. The van der Waals surface area contributed by atoms with Crippen molar-refractivity contribution in [3.05, 3.63) is 87.6 Å². The lowest BCUT2D eigenvalue weighted by atomic mass is 9.98. The molecule has 1 aromatic heterocycles. The molecule has 0 saturated carbocycles. The Bertz CT molecular complexity index is 1240. The van der Waals surface area contributed by atoms with Crippen LogP contribution < -0.4 is 0 Å². The summed E-state index contributed by atoms with van der Waals surface area (Å²) in [4.78, 5) is 28.8. The fourth-order valence-corrected chi connectivity index (χ4v) is 6.60. The van der Waals surface area contributed by atoms with Crippen molar-refractivity contribution in [2.24, 2.45) is 0 Å². The first-order chi connectivity index (χ1) is 16.1. The first-order valence-corrected chi connectivity index (χ1v) is 12.4. The Morgan fingerprint density at radius 2 is 1.67 bits per heavy atom.